The van der Waals surface area contributed by atoms with E-state index in [0.717, 1.165) is 11.1 Å². The Labute approximate surface area is 180 Å². The summed E-state index contributed by atoms with van der Waals surface area (Å²) < 4.78 is 34.9. The van der Waals surface area contributed by atoms with E-state index in [0.29, 0.717) is 37.0 Å². The number of aliphatic imine (C=N–C) groups is 1. The van der Waals surface area contributed by atoms with Gasteiger partial charge in [-0.05, 0) is 31.5 Å². The molecule has 1 aromatic carbocycles. The highest BCUT2D eigenvalue weighted by molar-refractivity contribution is 14.0. The summed E-state index contributed by atoms with van der Waals surface area (Å²) in [6.07, 6.45) is 1.66. The highest BCUT2D eigenvalue weighted by atomic mass is 127. The smallest absolute Gasteiger partial charge is 0.387 e. The molecular weight excluding hydrogens is 481 g/mol. The molecule has 0 saturated carbocycles. The van der Waals surface area contributed by atoms with Gasteiger partial charge in [0.25, 0.3) is 0 Å². The minimum Gasteiger partial charge on any atom is -0.481 e. The number of alkyl halides is 2. The molecule has 2 aromatic rings. The maximum Gasteiger partial charge on any atom is 0.387 e. The summed E-state index contributed by atoms with van der Waals surface area (Å²) in [4.78, 5) is 8.57. The van der Waals surface area contributed by atoms with Crippen LogP contribution in [-0.4, -0.2) is 31.2 Å². The molecule has 0 spiro atoms. The molecule has 0 aliphatic carbocycles. The van der Waals surface area contributed by atoms with E-state index >= 15 is 0 Å². The lowest BCUT2D eigenvalue weighted by molar-refractivity contribution is -0.0504. The summed E-state index contributed by atoms with van der Waals surface area (Å²) in [5.41, 5.74) is 2.53. The Morgan fingerprint density at radius 1 is 1.21 bits per heavy atom. The van der Waals surface area contributed by atoms with E-state index in [1.54, 1.807) is 25.4 Å². The monoisotopic (exact) mass is 506 g/mol. The van der Waals surface area contributed by atoms with Crippen LogP contribution in [0.1, 0.15) is 23.6 Å². The molecule has 6 nitrogen and oxygen atoms in total. The van der Waals surface area contributed by atoms with Gasteiger partial charge in [-0.1, -0.05) is 17.7 Å². The molecule has 0 saturated heterocycles. The third-order valence-electron chi connectivity index (χ3n) is 3.65. The van der Waals surface area contributed by atoms with Gasteiger partial charge < -0.3 is 20.1 Å². The van der Waals surface area contributed by atoms with Crippen LogP contribution in [0.3, 0.4) is 0 Å². The number of hydrogen-bond donors (Lipinski definition) is 2. The molecular formula is C19H25F2IN4O2. The Hall–Kier alpha value is -2.17. The van der Waals surface area contributed by atoms with Gasteiger partial charge in [-0.15, -0.1) is 24.0 Å². The van der Waals surface area contributed by atoms with Crippen molar-refractivity contribution in [1.29, 1.82) is 0 Å². The summed E-state index contributed by atoms with van der Waals surface area (Å²) in [5.74, 6) is 1.24. The lowest BCUT2D eigenvalue weighted by atomic mass is 10.1. The molecule has 28 heavy (non-hydrogen) atoms. The van der Waals surface area contributed by atoms with Crippen LogP contribution in [0.4, 0.5) is 8.78 Å². The second kappa shape index (κ2) is 12.3. The number of methoxy groups -OCH3 is 1. The molecule has 154 valence electrons. The van der Waals surface area contributed by atoms with Crippen molar-refractivity contribution in [2.24, 2.45) is 4.99 Å². The largest absolute Gasteiger partial charge is 0.481 e. The molecule has 1 heterocycles. The minimum absolute atomic E-state index is 0. The van der Waals surface area contributed by atoms with E-state index in [1.807, 2.05) is 32.0 Å². The third-order valence-corrected chi connectivity index (χ3v) is 3.65. The fourth-order valence-electron chi connectivity index (χ4n) is 2.41. The Morgan fingerprint density at radius 2 is 2.00 bits per heavy atom. The van der Waals surface area contributed by atoms with Crippen LogP contribution in [0.15, 0.2) is 41.5 Å². The molecule has 9 heteroatoms. The standard InChI is InChI=1S/C19H24F2N4O2.HI/c1-4-22-19(24-11-14-7-8-23-17(10-14)26-3)25-12-15-9-13(2)5-6-16(15)27-18(20)21;/h5-10,18H,4,11-12H2,1-3H3,(H2,22,24,25);1H. The first-order valence-corrected chi connectivity index (χ1v) is 8.57. The fourth-order valence-corrected chi connectivity index (χ4v) is 2.41. The van der Waals surface area contributed by atoms with Crippen molar-refractivity contribution >= 4 is 29.9 Å². The first-order chi connectivity index (χ1) is 13.0. The van der Waals surface area contributed by atoms with E-state index < -0.39 is 6.61 Å². The summed E-state index contributed by atoms with van der Waals surface area (Å²) in [6.45, 7) is 2.36. The van der Waals surface area contributed by atoms with Crippen LogP contribution in [0.2, 0.25) is 0 Å². The minimum atomic E-state index is -2.87. The van der Waals surface area contributed by atoms with Gasteiger partial charge >= 0.3 is 6.61 Å². The maximum absolute atomic E-state index is 12.6. The van der Waals surface area contributed by atoms with Crippen molar-refractivity contribution in [2.75, 3.05) is 13.7 Å². The van der Waals surface area contributed by atoms with Crippen molar-refractivity contribution < 1.29 is 18.3 Å². The van der Waals surface area contributed by atoms with E-state index in [2.05, 4.69) is 25.3 Å². The Balaban J connectivity index is 0.00000392. The highest BCUT2D eigenvalue weighted by Gasteiger charge is 2.10. The van der Waals surface area contributed by atoms with Crippen molar-refractivity contribution in [1.82, 2.24) is 15.6 Å². The second-order valence-electron chi connectivity index (χ2n) is 5.74. The normalized spacial score (nSPS) is 11.0. The lowest BCUT2D eigenvalue weighted by Gasteiger charge is -2.15. The number of aromatic nitrogens is 1. The highest BCUT2D eigenvalue weighted by Crippen LogP contribution is 2.22. The zero-order chi connectivity index (χ0) is 19.6. The van der Waals surface area contributed by atoms with Crippen LogP contribution in [0.5, 0.6) is 11.6 Å². The van der Waals surface area contributed by atoms with Gasteiger partial charge in [0.15, 0.2) is 5.96 Å². The molecule has 0 amide bonds. The van der Waals surface area contributed by atoms with Gasteiger partial charge in [0, 0.05) is 30.9 Å². The number of guanidine groups is 1. The summed E-state index contributed by atoms with van der Waals surface area (Å²) in [6, 6.07) is 8.75. The number of hydrogen-bond acceptors (Lipinski definition) is 4. The number of benzene rings is 1. The SMILES string of the molecule is CCNC(=NCc1ccnc(OC)c1)NCc1cc(C)ccc1OC(F)F.I. The topological polar surface area (TPSA) is 67.8 Å². The van der Waals surface area contributed by atoms with Crippen molar-refractivity contribution in [3.63, 3.8) is 0 Å². The van der Waals surface area contributed by atoms with Crippen LogP contribution in [0.25, 0.3) is 0 Å². The van der Waals surface area contributed by atoms with Gasteiger partial charge in [-0.2, -0.15) is 8.78 Å². The Bertz CT molecular complexity index is 775. The predicted octanol–water partition coefficient (Wildman–Crippen LogP) is 3.87. The van der Waals surface area contributed by atoms with Crippen molar-refractivity contribution in [3.8, 4) is 11.6 Å². The molecule has 0 aliphatic rings. The number of pyridine rings is 1. The van der Waals surface area contributed by atoms with Gasteiger partial charge in [-0.25, -0.2) is 9.98 Å². The van der Waals surface area contributed by atoms with Crippen LogP contribution in [0, 0.1) is 6.92 Å². The number of rotatable bonds is 8. The van der Waals surface area contributed by atoms with Crippen LogP contribution in [-0.2, 0) is 13.1 Å². The molecule has 0 atom stereocenters. The summed E-state index contributed by atoms with van der Waals surface area (Å²) in [7, 11) is 1.56. The molecule has 0 bridgehead atoms. The van der Waals surface area contributed by atoms with Gasteiger partial charge in [-0.3, -0.25) is 0 Å². The van der Waals surface area contributed by atoms with Gasteiger partial charge in [0.05, 0.1) is 13.7 Å². The molecule has 0 fully saturated rings. The molecule has 2 rings (SSSR count). The average molecular weight is 506 g/mol. The molecule has 0 radical (unpaired) electrons. The Morgan fingerprint density at radius 3 is 2.68 bits per heavy atom. The zero-order valence-electron chi connectivity index (χ0n) is 16.0. The first kappa shape index (κ1) is 23.9. The number of ether oxygens (including phenoxy) is 2. The van der Waals surface area contributed by atoms with Gasteiger partial charge in [0.1, 0.15) is 5.75 Å². The van der Waals surface area contributed by atoms with E-state index in [4.69, 9.17) is 4.74 Å². The van der Waals surface area contributed by atoms with Crippen LogP contribution < -0.4 is 20.1 Å². The number of nitrogens with one attached hydrogen (secondary N) is 2. The number of aryl methyl sites for hydroxylation is 1. The van der Waals surface area contributed by atoms with E-state index in [9.17, 15) is 8.78 Å². The Kier molecular flexibility index (Phi) is 10.5. The molecule has 0 aliphatic heterocycles. The molecule has 2 N–H and O–H groups in total. The second-order valence-corrected chi connectivity index (χ2v) is 5.74. The summed E-state index contributed by atoms with van der Waals surface area (Å²) >= 11 is 0. The van der Waals surface area contributed by atoms with Crippen molar-refractivity contribution in [2.45, 2.75) is 33.5 Å². The van der Waals surface area contributed by atoms with E-state index in [-0.39, 0.29) is 29.7 Å². The lowest BCUT2D eigenvalue weighted by Crippen LogP contribution is -2.36. The zero-order valence-corrected chi connectivity index (χ0v) is 18.4. The van der Waals surface area contributed by atoms with Crippen LogP contribution >= 0.6 is 24.0 Å². The average Bonchev–Trinajstić information content (AvgIpc) is 2.65. The summed E-state index contributed by atoms with van der Waals surface area (Å²) in [5, 5.41) is 6.27. The number of halogens is 3. The quantitative estimate of drug-likeness (QED) is 0.323. The molecule has 1 aromatic heterocycles. The number of nitrogens with zero attached hydrogens (tertiary/aromatic N) is 2. The first-order valence-electron chi connectivity index (χ1n) is 8.57. The predicted molar refractivity (Wildman–Crippen MR) is 116 cm³/mol. The van der Waals surface area contributed by atoms with E-state index in [1.165, 1.54) is 0 Å². The molecule has 0 unspecified atom stereocenters. The van der Waals surface area contributed by atoms with Gasteiger partial charge in [0.2, 0.25) is 5.88 Å². The third kappa shape index (κ3) is 7.83. The van der Waals surface area contributed by atoms with Crippen molar-refractivity contribution in [3.05, 3.63) is 53.2 Å². The fraction of sp³-hybridized carbons (Fsp3) is 0.368. The maximum atomic E-state index is 12.6.